The van der Waals surface area contributed by atoms with Gasteiger partial charge in [-0.2, -0.15) is 0 Å². The van der Waals surface area contributed by atoms with Gasteiger partial charge < -0.3 is 0 Å². The highest BCUT2D eigenvalue weighted by atomic mass is 127. The zero-order valence-corrected chi connectivity index (χ0v) is 12.4. The van der Waals surface area contributed by atoms with Crippen LogP contribution in [0.15, 0.2) is 35.9 Å². The molecule has 0 saturated heterocycles. The van der Waals surface area contributed by atoms with Gasteiger partial charge in [0.15, 0.2) is 0 Å². The lowest BCUT2D eigenvalue weighted by atomic mass is 9.82. The summed E-state index contributed by atoms with van der Waals surface area (Å²) < 4.78 is 1.37. The molecule has 1 heteroatoms. The zero-order valence-electron chi connectivity index (χ0n) is 10.3. The van der Waals surface area contributed by atoms with Crippen molar-refractivity contribution in [1.29, 1.82) is 0 Å². The summed E-state index contributed by atoms with van der Waals surface area (Å²) in [5, 5.41) is 0. The van der Waals surface area contributed by atoms with Gasteiger partial charge in [0.25, 0.3) is 0 Å². The molecule has 0 saturated carbocycles. The summed E-state index contributed by atoms with van der Waals surface area (Å²) in [4.78, 5) is 0. The van der Waals surface area contributed by atoms with Gasteiger partial charge in [0.1, 0.15) is 0 Å². The Hall–Kier alpha value is -0.570. The molecule has 0 spiro atoms. The Balaban J connectivity index is 2.76. The lowest BCUT2D eigenvalue weighted by Gasteiger charge is -2.23. The van der Waals surface area contributed by atoms with E-state index in [1.807, 2.05) is 0 Å². The van der Waals surface area contributed by atoms with Crippen molar-refractivity contribution in [2.24, 2.45) is 0 Å². The van der Waals surface area contributed by atoms with Crippen LogP contribution in [-0.4, -0.2) is 0 Å². The van der Waals surface area contributed by atoms with Crippen LogP contribution in [0.4, 0.5) is 0 Å². The second-order valence-corrected chi connectivity index (χ2v) is 5.99. The van der Waals surface area contributed by atoms with Crippen molar-refractivity contribution in [1.82, 2.24) is 0 Å². The number of allylic oxidation sites excluding steroid dienone is 4. The number of hydrogen-bond acceptors (Lipinski definition) is 0. The molecule has 1 aliphatic carbocycles. The Bertz CT molecular complexity index is 490. The summed E-state index contributed by atoms with van der Waals surface area (Å²) in [5.74, 6) is 0. The topological polar surface area (TPSA) is 0 Å². The van der Waals surface area contributed by atoms with Crippen LogP contribution in [0.3, 0.4) is 0 Å². The maximum absolute atomic E-state index is 2.45. The number of halogens is 1. The highest BCUT2D eigenvalue weighted by Gasteiger charge is 2.35. The van der Waals surface area contributed by atoms with Crippen molar-refractivity contribution < 1.29 is 0 Å². The Morgan fingerprint density at radius 1 is 1.25 bits per heavy atom. The van der Waals surface area contributed by atoms with Crippen molar-refractivity contribution in [3.8, 4) is 0 Å². The smallest absolute Gasteiger partial charge is 0.0177 e. The first-order valence-corrected chi connectivity index (χ1v) is 6.71. The SMILES string of the molecule is C/C=C\C1=C(C)C(C)(C)c2c(I)cccc21. The van der Waals surface area contributed by atoms with Crippen LogP contribution in [0.2, 0.25) is 0 Å². The average molecular weight is 324 g/mol. The molecular formula is C15H17I. The predicted octanol–water partition coefficient (Wildman–Crippen LogP) is 4.93. The number of benzene rings is 1. The van der Waals surface area contributed by atoms with Crippen molar-refractivity contribution in [3.05, 3.63) is 50.6 Å². The first-order valence-electron chi connectivity index (χ1n) is 5.63. The summed E-state index contributed by atoms with van der Waals surface area (Å²) in [6.45, 7) is 8.98. The molecule has 0 N–H and O–H groups in total. The van der Waals surface area contributed by atoms with Gasteiger partial charge in [0.2, 0.25) is 0 Å². The third-order valence-corrected chi connectivity index (χ3v) is 4.50. The molecule has 1 aromatic carbocycles. The van der Waals surface area contributed by atoms with E-state index in [9.17, 15) is 0 Å². The van der Waals surface area contributed by atoms with Crippen LogP contribution < -0.4 is 0 Å². The molecule has 0 nitrogen and oxygen atoms in total. The van der Waals surface area contributed by atoms with Crippen LogP contribution in [0, 0.1) is 3.57 Å². The van der Waals surface area contributed by atoms with Crippen molar-refractivity contribution in [2.45, 2.75) is 33.1 Å². The van der Waals surface area contributed by atoms with Gasteiger partial charge in [-0.15, -0.1) is 0 Å². The van der Waals surface area contributed by atoms with Gasteiger partial charge in [-0.05, 0) is 59.2 Å². The van der Waals surface area contributed by atoms with E-state index < -0.39 is 0 Å². The van der Waals surface area contributed by atoms with E-state index >= 15 is 0 Å². The molecule has 0 atom stereocenters. The first kappa shape index (κ1) is 11.9. The van der Waals surface area contributed by atoms with Crippen LogP contribution in [0.1, 0.15) is 38.8 Å². The number of rotatable bonds is 1. The molecule has 0 bridgehead atoms. The minimum Gasteiger partial charge on any atom is -0.0870 e. The number of fused-ring (bicyclic) bond motifs is 1. The van der Waals surface area contributed by atoms with Crippen molar-refractivity contribution in [2.75, 3.05) is 0 Å². The summed E-state index contributed by atoms with van der Waals surface area (Å²) >= 11 is 2.45. The summed E-state index contributed by atoms with van der Waals surface area (Å²) in [5.41, 5.74) is 5.95. The normalized spacial score (nSPS) is 18.3. The predicted molar refractivity (Wildman–Crippen MR) is 79.6 cm³/mol. The molecule has 84 valence electrons. The molecule has 2 rings (SSSR count). The molecule has 0 fully saturated rings. The molecule has 0 aliphatic heterocycles. The third kappa shape index (κ3) is 1.56. The van der Waals surface area contributed by atoms with Crippen molar-refractivity contribution in [3.63, 3.8) is 0 Å². The minimum atomic E-state index is 0.169. The van der Waals surface area contributed by atoms with Crippen molar-refractivity contribution >= 4 is 28.2 Å². The van der Waals surface area contributed by atoms with Crippen LogP contribution in [-0.2, 0) is 5.41 Å². The fourth-order valence-corrected chi connectivity index (χ4v) is 3.66. The Morgan fingerprint density at radius 3 is 2.56 bits per heavy atom. The summed E-state index contributed by atoms with van der Waals surface area (Å²) in [6, 6.07) is 6.59. The fraction of sp³-hybridized carbons (Fsp3) is 0.333. The monoisotopic (exact) mass is 324 g/mol. The zero-order chi connectivity index (χ0) is 11.9. The van der Waals surface area contributed by atoms with Gasteiger partial charge in [-0.1, -0.05) is 43.7 Å². The quantitative estimate of drug-likeness (QED) is 0.643. The van der Waals surface area contributed by atoms with Gasteiger partial charge in [-0.3, -0.25) is 0 Å². The molecule has 0 heterocycles. The highest BCUT2D eigenvalue weighted by molar-refractivity contribution is 14.1. The second kappa shape index (κ2) is 4.02. The van der Waals surface area contributed by atoms with E-state index in [1.165, 1.54) is 25.8 Å². The van der Waals surface area contributed by atoms with Crippen LogP contribution in [0.5, 0.6) is 0 Å². The van der Waals surface area contributed by atoms with E-state index in [-0.39, 0.29) is 5.41 Å². The summed E-state index contributed by atoms with van der Waals surface area (Å²) in [6.07, 6.45) is 4.36. The summed E-state index contributed by atoms with van der Waals surface area (Å²) in [7, 11) is 0. The molecule has 1 aliphatic rings. The average Bonchev–Trinajstić information content (AvgIpc) is 2.41. The van der Waals surface area contributed by atoms with Gasteiger partial charge in [0, 0.05) is 8.99 Å². The van der Waals surface area contributed by atoms with Gasteiger partial charge in [0.05, 0.1) is 0 Å². The van der Waals surface area contributed by atoms with E-state index in [0.717, 1.165) is 0 Å². The molecule has 0 unspecified atom stereocenters. The van der Waals surface area contributed by atoms with E-state index in [0.29, 0.717) is 0 Å². The largest absolute Gasteiger partial charge is 0.0870 e. The van der Waals surface area contributed by atoms with Crippen LogP contribution >= 0.6 is 22.6 Å². The molecule has 0 amide bonds. The lowest BCUT2D eigenvalue weighted by Crippen LogP contribution is -2.17. The van der Waals surface area contributed by atoms with Gasteiger partial charge in [-0.25, -0.2) is 0 Å². The second-order valence-electron chi connectivity index (χ2n) is 4.83. The first-order chi connectivity index (χ1) is 7.50. The fourth-order valence-electron chi connectivity index (χ4n) is 2.49. The minimum absolute atomic E-state index is 0.169. The van der Waals surface area contributed by atoms with E-state index in [4.69, 9.17) is 0 Å². The molecule has 0 radical (unpaired) electrons. The van der Waals surface area contributed by atoms with E-state index in [1.54, 1.807) is 0 Å². The van der Waals surface area contributed by atoms with E-state index in [2.05, 4.69) is 80.6 Å². The number of hydrogen-bond donors (Lipinski definition) is 0. The molecule has 0 aromatic heterocycles. The lowest BCUT2D eigenvalue weighted by molar-refractivity contribution is 0.635. The Kier molecular flexibility index (Phi) is 2.99. The Morgan fingerprint density at radius 2 is 1.94 bits per heavy atom. The molecule has 16 heavy (non-hydrogen) atoms. The maximum Gasteiger partial charge on any atom is 0.0177 e. The Labute approximate surface area is 112 Å². The highest BCUT2D eigenvalue weighted by Crippen LogP contribution is 2.47. The standard InChI is InChI=1S/C15H17I/c1-5-7-11-10(2)15(3,4)14-12(11)8-6-9-13(14)16/h5-9H,1-4H3/b7-5-. The molecule has 1 aromatic rings. The van der Waals surface area contributed by atoms with Crippen LogP contribution in [0.25, 0.3) is 5.57 Å². The van der Waals surface area contributed by atoms with Gasteiger partial charge >= 0.3 is 0 Å². The molecular weight excluding hydrogens is 307 g/mol. The third-order valence-electron chi connectivity index (χ3n) is 3.60. The maximum atomic E-state index is 2.45.